The molecule has 0 radical (unpaired) electrons. The van der Waals surface area contributed by atoms with E-state index in [0.717, 1.165) is 38.7 Å². The molecule has 3 heteroatoms. The zero-order valence-electron chi connectivity index (χ0n) is 24.2. The van der Waals surface area contributed by atoms with Gasteiger partial charge in [-0.25, -0.2) is 0 Å². The number of hydrogen-bond donors (Lipinski definition) is 0. The highest BCUT2D eigenvalue weighted by Gasteiger charge is 2.21. The lowest BCUT2D eigenvalue weighted by atomic mass is 9.91. The average molecular weight is 592 g/mol. The highest BCUT2D eigenvalue weighted by Crippen LogP contribution is 2.46. The molecule has 0 bridgehead atoms. The van der Waals surface area contributed by atoms with Gasteiger partial charge in [-0.3, -0.25) is 0 Å². The molecule has 0 saturated heterocycles. The molecule has 3 aromatic heterocycles. The van der Waals surface area contributed by atoms with Crippen LogP contribution in [0.4, 0.5) is 0 Å². The lowest BCUT2D eigenvalue weighted by molar-refractivity contribution is 0.673. The second-order valence-corrected chi connectivity index (χ2v) is 12.7. The third-order valence-corrected chi connectivity index (χ3v) is 10.4. The van der Waals surface area contributed by atoms with Gasteiger partial charge in [0.1, 0.15) is 11.1 Å². The summed E-state index contributed by atoms with van der Waals surface area (Å²) in [5, 5.41) is 7.48. The van der Waals surface area contributed by atoms with Crippen molar-refractivity contribution in [2.24, 2.45) is 0 Å². The van der Waals surface area contributed by atoms with Crippen LogP contribution in [-0.2, 0) is 0 Å². The Morgan fingerprint density at radius 2 is 1.27 bits per heavy atom. The van der Waals surface area contributed by atoms with Gasteiger partial charge >= 0.3 is 0 Å². The van der Waals surface area contributed by atoms with Crippen molar-refractivity contribution in [3.63, 3.8) is 0 Å². The van der Waals surface area contributed by atoms with Gasteiger partial charge < -0.3 is 8.98 Å². The van der Waals surface area contributed by atoms with Crippen molar-refractivity contribution in [2.45, 2.75) is 0 Å². The quantitative estimate of drug-likeness (QED) is 0.200. The summed E-state index contributed by atoms with van der Waals surface area (Å²) >= 11 is 1.89. The Morgan fingerprint density at radius 1 is 0.511 bits per heavy atom. The molecule has 0 fully saturated rings. The van der Waals surface area contributed by atoms with Gasteiger partial charge in [-0.1, -0.05) is 109 Å². The van der Waals surface area contributed by atoms with Crippen LogP contribution in [0.2, 0.25) is 0 Å². The molecule has 2 nitrogen and oxygen atoms in total. The van der Waals surface area contributed by atoms with Gasteiger partial charge in [0.05, 0.1) is 5.52 Å². The number of hydrogen-bond acceptors (Lipinski definition) is 2. The van der Waals surface area contributed by atoms with Crippen LogP contribution in [0.5, 0.6) is 0 Å². The Balaban J connectivity index is 1.24. The van der Waals surface area contributed by atoms with E-state index in [-0.39, 0.29) is 0 Å². The zero-order valence-corrected chi connectivity index (χ0v) is 25.0. The molecular weight excluding hydrogens is 567 g/mol. The van der Waals surface area contributed by atoms with Crippen LogP contribution < -0.4 is 0 Å². The average Bonchev–Trinajstić information content (AvgIpc) is 3.77. The highest BCUT2D eigenvalue weighted by molar-refractivity contribution is 7.26. The molecule has 0 atom stereocenters. The Kier molecular flexibility index (Phi) is 5.19. The molecule has 45 heavy (non-hydrogen) atoms. The lowest BCUT2D eigenvalue weighted by Gasteiger charge is -2.12. The molecule has 210 valence electrons. The molecule has 7 aromatic carbocycles. The Labute approximate surface area is 263 Å². The van der Waals surface area contributed by atoms with E-state index in [1.54, 1.807) is 0 Å². The minimum absolute atomic E-state index is 0.898. The predicted molar refractivity (Wildman–Crippen MR) is 192 cm³/mol. The van der Waals surface area contributed by atoms with Crippen LogP contribution in [0.15, 0.2) is 156 Å². The number of aromatic nitrogens is 1. The fourth-order valence-electron chi connectivity index (χ4n) is 7.23. The molecule has 0 N–H and O–H groups in total. The van der Waals surface area contributed by atoms with Gasteiger partial charge in [0.25, 0.3) is 0 Å². The van der Waals surface area contributed by atoms with Crippen molar-refractivity contribution in [3.8, 4) is 27.9 Å². The number of fused-ring (bicyclic) bond motifs is 10. The van der Waals surface area contributed by atoms with Gasteiger partial charge in [0.15, 0.2) is 5.58 Å². The number of nitrogens with zero attached hydrogens (tertiary/aromatic N) is 1. The van der Waals surface area contributed by atoms with E-state index in [1.165, 1.54) is 53.2 Å². The van der Waals surface area contributed by atoms with Crippen LogP contribution in [0.1, 0.15) is 0 Å². The van der Waals surface area contributed by atoms with Gasteiger partial charge in [0, 0.05) is 36.6 Å². The van der Waals surface area contributed by atoms with Crippen molar-refractivity contribution in [3.05, 3.63) is 152 Å². The summed E-state index contributed by atoms with van der Waals surface area (Å²) in [5.41, 5.74) is 10.1. The first-order valence-electron chi connectivity index (χ1n) is 15.3. The first-order valence-corrected chi connectivity index (χ1v) is 16.1. The molecule has 10 aromatic rings. The summed E-state index contributed by atoms with van der Waals surface area (Å²) in [7, 11) is 0. The SMILES string of the molecule is c1ccc(-n2c3ccccc3c3oc4ccc(-c5ccccc5-c5cccc6sc7c8ccccc8ccc7c56)cc4c32)cc1. The molecule has 0 amide bonds. The van der Waals surface area contributed by atoms with E-state index < -0.39 is 0 Å². The lowest BCUT2D eigenvalue weighted by Crippen LogP contribution is -1.93. The largest absolute Gasteiger partial charge is 0.454 e. The summed E-state index contributed by atoms with van der Waals surface area (Å²) in [6, 6.07) is 54.6. The third kappa shape index (κ3) is 3.56. The predicted octanol–water partition coefficient (Wildman–Crippen LogP) is 12.4. The summed E-state index contributed by atoms with van der Waals surface area (Å²) in [6.45, 7) is 0. The zero-order chi connectivity index (χ0) is 29.5. The smallest absolute Gasteiger partial charge is 0.161 e. The summed E-state index contributed by atoms with van der Waals surface area (Å²) in [6.07, 6.45) is 0. The first kappa shape index (κ1) is 24.8. The maximum Gasteiger partial charge on any atom is 0.161 e. The minimum atomic E-state index is 0.898. The van der Waals surface area contributed by atoms with Crippen molar-refractivity contribution < 1.29 is 4.42 Å². The van der Waals surface area contributed by atoms with Gasteiger partial charge in [-0.15, -0.1) is 11.3 Å². The first-order chi connectivity index (χ1) is 22.3. The highest BCUT2D eigenvalue weighted by atomic mass is 32.1. The fraction of sp³-hybridized carbons (Fsp3) is 0. The van der Waals surface area contributed by atoms with Crippen molar-refractivity contribution in [2.75, 3.05) is 0 Å². The summed E-state index contributed by atoms with van der Waals surface area (Å²) in [4.78, 5) is 0. The van der Waals surface area contributed by atoms with E-state index in [0.29, 0.717) is 0 Å². The van der Waals surface area contributed by atoms with Crippen molar-refractivity contribution in [1.29, 1.82) is 0 Å². The Morgan fingerprint density at radius 3 is 2.18 bits per heavy atom. The molecule has 0 unspecified atom stereocenters. The molecule has 10 rings (SSSR count). The van der Waals surface area contributed by atoms with Crippen LogP contribution in [0, 0.1) is 0 Å². The van der Waals surface area contributed by atoms with Crippen molar-refractivity contribution in [1.82, 2.24) is 4.57 Å². The molecule has 3 heterocycles. The van der Waals surface area contributed by atoms with E-state index in [2.05, 4.69) is 156 Å². The monoisotopic (exact) mass is 591 g/mol. The molecular formula is C42H25NOS. The topological polar surface area (TPSA) is 18.1 Å². The maximum atomic E-state index is 6.58. The molecule has 0 saturated carbocycles. The second kappa shape index (κ2) is 9.43. The van der Waals surface area contributed by atoms with E-state index >= 15 is 0 Å². The number of benzene rings is 7. The number of rotatable bonds is 3. The Hall–Kier alpha value is -5.64. The molecule has 0 aliphatic carbocycles. The fourth-order valence-corrected chi connectivity index (χ4v) is 8.50. The number of para-hydroxylation sites is 2. The van der Waals surface area contributed by atoms with E-state index in [1.807, 2.05) is 11.3 Å². The van der Waals surface area contributed by atoms with E-state index in [9.17, 15) is 0 Å². The van der Waals surface area contributed by atoms with Crippen LogP contribution in [0.3, 0.4) is 0 Å². The molecule has 0 spiro atoms. The molecule has 0 aliphatic rings. The van der Waals surface area contributed by atoms with Gasteiger partial charge in [0.2, 0.25) is 0 Å². The maximum absolute atomic E-state index is 6.58. The van der Waals surface area contributed by atoms with Crippen LogP contribution >= 0.6 is 11.3 Å². The Bertz CT molecular complexity index is 2760. The van der Waals surface area contributed by atoms with Gasteiger partial charge in [-0.05, 0) is 75.5 Å². The van der Waals surface area contributed by atoms with Gasteiger partial charge in [-0.2, -0.15) is 0 Å². The van der Waals surface area contributed by atoms with Crippen molar-refractivity contribution >= 4 is 75.3 Å². The summed E-state index contributed by atoms with van der Waals surface area (Å²) in [5.74, 6) is 0. The minimum Gasteiger partial charge on any atom is -0.454 e. The third-order valence-electron chi connectivity index (χ3n) is 9.20. The van der Waals surface area contributed by atoms with E-state index in [4.69, 9.17) is 4.42 Å². The van der Waals surface area contributed by atoms with Crippen LogP contribution in [0.25, 0.3) is 91.9 Å². The standard InChI is InChI=1S/C42H25NOS/c1-2-12-28(13-3-1)43-36-19-9-8-17-33(36)41-40(43)35-25-27(22-24-37(35)44-41)29-14-6-7-16-31(29)32-18-10-20-38-39(32)34-23-21-26-11-4-5-15-30(26)42(34)45-38/h1-25H. The number of furan rings is 1. The number of thiophene rings is 1. The summed E-state index contributed by atoms with van der Waals surface area (Å²) < 4.78 is 11.6. The van der Waals surface area contributed by atoms with Crippen LogP contribution in [-0.4, -0.2) is 4.57 Å². The molecule has 0 aliphatic heterocycles. The normalized spacial score (nSPS) is 12.0. The second-order valence-electron chi connectivity index (χ2n) is 11.7.